The predicted octanol–water partition coefficient (Wildman–Crippen LogP) is 2.91. The highest BCUT2D eigenvalue weighted by atomic mass is 32.1. The van der Waals surface area contributed by atoms with Gasteiger partial charge in [-0.1, -0.05) is 19.1 Å². The molecule has 0 saturated carbocycles. The highest BCUT2D eigenvalue weighted by Gasteiger charge is 2.08. The minimum atomic E-state index is 0.717. The number of thiazole rings is 1. The number of anilines is 1. The molecule has 0 saturated heterocycles. The van der Waals surface area contributed by atoms with Crippen LogP contribution in [0, 0.1) is 0 Å². The van der Waals surface area contributed by atoms with Gasteiger partial charge in [-0.05, 0) is 24.1 Å². The lowest BCUT2D eigenvalue weighted by Gasteiger charge is -2.09. The van der Waals surface area contributed by atoms with Crippen molar-refractivity contribution in [1.82, 2.24) is 24.8 Å². The summed E-state index contributed by atoms with van der Waals surface area (Å²) in [5, 5.41) is 16.0. The van der Waals surface area contributed by atoms with Crippen LogP contribution in [0.4, 0.5) is 5.69 Å². The number of aryl methyl sites for hydroxylation is 1. The molecule has 7 heteroatoms. The summed E-state index contributed by atoms with van der Waals surface area (Å²) in [6, 6.07) is 8.23. The molecule has 1 N–H and O–H groups in total. The van der Waals surface area contributed by atoms with Gasteiger partial charge in [0.25, 0.3) is 0 Å². The van der Waals surface area contributed by atoms with Crippen LogP contribution in [0.25, 0.3) is 15.9 Å². The Morgan fingerprint density at radius 3 is 3.18 bits per heavy atom. The number of nitrogens with one attached hydrogen (secondary N) is 1. The van der Waals surface area contributed by atoms with Crippen molar-refractivity contribution in [2.45, 2.75) is 19.9 Å². The van der Waals surface area contributed by atoms with Crippen molar-refractivity contribution in [1.29, 1.82) is 0 Å². The van der Waals surface area contributed by atoms with Gasteiger partial charge in [-0.15, -0.1) is 21.5 Å². The van der Waals surface area contributed by atoms with E-state index >= 15 is 0 Å². The molecule has 0 amide bonds. The fraction of sp³-hybridized carbons (Fsp3) is 0.200. The van der Waals surface area contributed by atoms with Crippen LogP contribution in [0.1, 0.15) is 18.2 Å². The summed E-state index contributed by atoms with van der Waals surface area (Å²) in [7, 11) is 0. The summed E-state index contributed by atoms with van der Waals surface area (Å²) in [5.74, 6) is 0. The summed E-state index contributed by atoms with van der Waals surface area (Å²) < 4.78 is 2.94. The molecular formula is C15H14N6S. The Morgan fingerprint density at radius 1 is 1.32 bits per heavy atom. The number of rotatable bonds is 4. The van der Waals surface area contributed by atoms with Gasteiger partial charge in [-0.3, -0.25) is 0 Å². The molecule has 0 aliphatic rings. The maximum atomic E-state index is 4.45. The molecule has 0 atom stereocenters. The summed E-state index contributed by atoms with van der Waals surface area (Å²) in [4.78, 5) is 4.36. The molecule has 4 rings (SSSR count). The first-order valence-corrected chi connectivity index (χ1v) is 7.98. The van der Waals surface area contributed by atoms with Crippen LogP contribution < -0.4 is 5.32 Å². The van der Waals surface area contributed by atoms with Crippen LogP contribution in [0.15, 0.2) is 36.1 Å². The van der Waals surface area contributed by atoms with Gasteiger partial charge < -0.3 is 5.32 Å². The average molecular weight is 310 g/mol. The monoisotopic (exact) mass is 310 g/mol. The summed E-state index contributed by atoms with van der Waals surface area (Å²) in [6.07, 6.45) is 2.50. The fourth-order valence-corrected chi connectivity index (χ4v) is 3.26. The Bertz CT molecular complexity index is 941. The van der Waals surface area contributed by atoms with Crippen LogP contribution in [0.2, 0.25) is 0 Å². The SMILES string of the molecule is CCc1cc(NCc2cccc3ncsc23)c2nncn2n1. The molecule has 0 unspecified atom stereocenters. The quantitative estimate of drug-likeness (QED) is 0.628. The minimum Gasteiger partial charge on any atom is -0.378 e. The van der Waals surface area contributed by atoms with Gasteiger partial charge >= 0.3 is 0 Å². The lowest BCUT2D eigenvalue weighted by atomic mass is 10.2. The Morgan fingerprint density at radius 2 is 2.27 bits per heavy atom. The van der Waals surface area contributed by atoms with Crippen molar-refractivity contribution in [2.24, 2.45) is 0 Å². The van der Waals surface area contributed by atoms with Crippen molar-refractivity contribution in [3.8, 4) is 0 Å². The van der Waals surface area contributed by atoms with E-state index in [0.29, 0.717) is 0 Å². The molecule has 110 valence electrons. The first-order chi connectivity index (χ1) is 10.8. The van der Waals surface area contributed by atoms with Crippen molar-refractivity contribution in [3.63, 3.8) is 0 Å². The number of hydrogen-bond acceptors (Lipinski definition) is 6. The second kappa shape index (κ2) is 5.34. The molecule has 0 bridgehead atoms. The van der Waals surface area contributed by atoms with E-state index in [-0.39, 0.29) is 0 Å². The van der Waals surface area contributed by atoms with Crippen molar-refractivity contribution in [2.75, 3.05) is 5.32 Å². The minimum absolute atomic E-state index is 0.717. The number of hydrogen-bond donors (Lipinski definition) is 1. The summed E-state index contributed by atoms with van der Waals surface area (Å²) in [6.45, 7) is 2.80. The zero-order chi connectivity index (χ0) is 14.9. The number of benzene rings is 1. The lowest BCUT2D eigenvalue weighted by molar-refractivity contribution is 0.856. The van der Waals surface area contributed by atoms with Crippen molar-refractivity contribution in [3.05, 3.63) is 47.4 Å². The van der Waals surface area contributed by atoms with Gasteiger partial charge in [0, 0.05) is 6.54 Å². The van der Waals surface area contributed by atoms with E-state index in [9.17, 15) is 0 Å². The molecule has 0 fully saturated rings. The molecule has 22 heavy (non-hydrogen) atoms. The normalized spacial score (nSPS) is 11.3. The molecule has 4 aromatic rings. The molecule has 0 spiro atoms. The van der Waals surface area contributed by atoms with E-state index in [2.05, 4.69) is 38.6 Å². The predicted molar refractivity (Wildman–Crippen MR) is 87.1 cm³/mol. The molecule has 3 aromatic heterocycles. The van der Waals surface area contributed by atoms with E-state index in [4.69, 9.17) is 0 Å². The first kappa shape index (κ1) is 13.1. The second-order valence-corrected chi connectivity index (χ2v) is 5.83. The topological polar surface area (TPSA) is 68.0 Å². The van der Waals surface area contributed by atoms with Crippen molar-refractivity contribution < 1.29 is 0 Å². The number of fused-ring (bicyclic) bond motifs is 2. The Hall–Kier alpha value is -2.54. The van der Waals surface area contributed by atoms with Gasteiger partial charge in [0.2, 0.25) is 5.65 Å². The van der Waals surface area contributed by atoms with Gasteiger partial charge in [-0.25, -0.2) is 4.98 Å². The van der Waals surface area contributed by atoms with E-state index in [1.165, 1.54) is 10.3 Å². The third-order valence-corrected chi connectivity index (χ3v) is 4.51. The van der Waals surface area contributed by atoms with E-state index in [0.717, 1.165) is 35.5 Å². The van der Waals surface area contributed by atoms with Gasteiger partial charge in [0.15, 0.2) is 0 Å². The van der Waals surface area contributed by atoms with E-state index in [1.807, 2.05) is 23.7 Å². The fourth-order valence-electron chi connectivity index (χ4n) is 2.46. The molecule has 6 nitrogen and oxygen atoms in total. The zero-order valence-corrected chi connectivity index (χ0v) is 12.8. The average Bonchev–Trinajstić information content (AvgIpc) is 3.20. The third-order valence-electron chi connectivity index (χ3n) is 3.59. The second-order valence-electron chi connectivity index (χ2n) is 4.97. The highest BCUT2D eigenvalue weighted by molar-refractivity contribution is 7.16. The van der Waals surface area contributed by atoms with E-state index < -0.39 is 0 Å². The number of nitrogens with zero attached hydrogens (tertiary/aromatic N) is 5. The van der Waals surface area contributed by atoms with E-state index in [1.54, 1.807) is 22.2 Å². The Kier molecular flexibility index (Phi) is 3.19. The maximum absolute atomic E-state index is 4.45. The highest BCUT2D eigenvalue weighted by Crippen LogP contribution is 2.24. The van der Waals surface area contributed by atoms with Crippen LogP contribution >= 0.6 is 11.3 Å². The molecule has 0 aliphatic heterocycles. The van der Waals surface area contributed by atoms with Gasteiger partial charge in [0.1, 0.15) is 6.33 Å². The Balaban J connectivity index is 1.69. The third kappa shape index (κ3) is 2.19. The summed E-state index contributed by atoms with van der Waals surface area (Å²) >= 11 is 1.67. The zero-order valence-electron chi connectivity index (χ0n) is 12.0. The van der Waals surface area contributed by atoms with Crippen molar-refractivity contribution >= 4 is 32.9 Å². The molecule has 3 heterocycles. The van der Waals surface area contributed by atoms with Crippen LogP contribution in [-0.2, 0) is 13.0 Å². The summed E-state index contributed by atoms with van der Waals surface area (Å²) in [5.41, 5.74) is 6.85. The lowest BCUT2D eigenvalue weighted by Crippen LogP contribution is -2.05. The van der Waals surface area contributed by atoms with Gasteiger partial charge in [-0.2, -0.15) is 9.61 Å². The molecule has 0 radical (unpaired) electrons. The number of aromatic nitrogens is 5. The molecule has 1 aromatic carbocycles. The molecule has 0 aliphatic carbocycles. The first-order valence-electron chi connectivity index (χ1n) is 7.10. The standard InChI is InChI=1S/C15H14N6S/c1-2-11-6-13(15-19-18-8-21(15)20-11)16-7-10-4-3-5-12-14(10)22-9-17-12/h3-6,8-9,16H,2,7H2,1H3. The van der Waals surface area contributed by atoms with Crippen LogP contribution in [0.3, 0.4) is 0 Å². The maximum Gasteiger partial charge on any atom is 0.200 e. The van der Waals surface area contributed by atoms with Gasteiger partial charge in [0.05, 0.1) is 27.1 Å². The van der Waals surface area contributed by atoms with Crippen LogP contribution in [0.5, 0.6) is 0 Å². The molecular weight excluding hydrogens is 296 g/mol. The largest absolute Gasteiger partial charge is 0.378 e. The Labute approximate surface area is 130 Å². The smallest absolute Gasteiger partial charge is 0.200 e. The van der Waals surface area contributed by atoms with Crippen LogP contribution in [-0.4, -0.2) is 24.8 Å².